The van der Waals surface area contributed by atoms with Crippen LogP contribution in [0.25, 0.3) is 0 Å². The number of hydrogen-bond donors (Lipinski definition) is 3. The summed E-state index contributed by atoms with van der Waals surface area (Å²) in [4.78, 5) is 22.0. The highest BCUT2D eigenvalue weighted by Crippen LogP contribution is 2.43. The van der Waals surface area contributed by atoms with Crippen LogP contribution in [-0.4, -0.2) is 29.1 Å². The van der Waals surface area contributed by atoms with E-state index in [2.05, 4.69) is 10.6 Å². The van der Waals surface area contributed by atoms with Crippen molar-refractivity contribution in [3.05, 3.63) is 59.4 Å². The van der Waals surface area contributed by atoms with Crippen LogP contribution in [-0.2, 0) is 15.3 Å². The molecule has 2 aromatic rings. The number of nitrogens with one attached hydrogen (secondary N) is 2. The molecule has 1 aliphatic rings. The quantitative estimate of drug-likeness (QED) is 0.665. The standard InChI is InChI=1S/C18H17FN2O4S/c1-25-17(24)12-4-2-3-11(7-12)10-26-18(9-16(22)23)20-14-6-5-13(19)8-15(14)21-18/h2-8,20-21H,9-10H2,1H3,(H,22,23). The lowest BCUT2D eigenvalue weighted by Gasteiger charge is -2.28. The highest BCUT2D eigenvalue weighted by atomic mass is 32.2. The first-order valence-corrected chi connectivity index (χ1v) is 8.78. The summed E-state index contributed by atoms with van der Waals surface area (Å²) in [5.41, 5.74) is 2.43. The van der Waals surface area contributed by atoms with E-state index in [-0.39, 0.29) is 6.42 Å². The Bertz CT molecular complexity index is 861. The van der Waals surface area contributed by atoms with Gasteiger partial charge in [0.15, 0.2) is 4.99 Å². The fraction of sp³-hybridized carbons (Fsp3) is 0.222. The molecule has 0 fully saturated rings. The number of ether oxygens (including phenoxy) is 1. The maximum atomic E-state index is 13.4. The van der Waals surface area contributed by atoms with E-state index in [0.29, 0.717) is 22.7 Å². The molecular weight excluding hydrogens is 359 g/mol. The Balaban J connectivity index is 1.79. The number of hydrogen-bond acceptors (Lipinski definition) is 6. The van der Waals surface area contributed by atoms with Gasteiger partial charge in [-0.2, -0.15) is 0 Å². The second-order valence-electron chi connectivity index (χ2n) is 5.82. The van der Waals surface area contributed by atoms with E-state index in [1.54, 1.807) is 24.3 Å². The number of esters is 1. The van der Waals surface area contributed by atoms with Crippen molar-refractivity contribution >= 4 is 35.1 Å². The maximum Gasteiger partial charge on any atom is 0.337 e. The Labute approximate surface area is 153 Å². The second-order valence-corrected chi connectivity index (χ2v) is 7.09. The summed E-state index contributed by atoms with van der Waals surface area (Å²) in [7, 11) is 1.31. The van der Waals surface area contributed by atoms with Gasteiger partial charge in [0.05, 0.1) is 30.5 Å². The Morgan fingerprint density at radius 3 is 2.69 bits per heavy atom. The lowest BCUT2D eigenvalue weighted by atomic mass is 10.1. The van der Waals surface area contributed by atoms with Gasteiger partial charge < -0.3 is 20.5 Å². The average Bonchev–Trinajstić information content (AvgIpc) is 2.96. The van der Waals surface area contributed by atoms with Crippen molar-refractivity contribution in [1.82, 2.24) is 0 Å². The Morgan fingerprint density at radius 1 is 1.19 bits per heavy atom. The molecule has 1 aliphatic heterocycles. The average molecular weight is 376 g/mol. The van der Waals surface area contributed by atoms with Crippen LogP contribution >= 0.6 is 11.8 Å². The van der Waals surface area contributed by atoms with Crippen LogP contribution in [0.2, 0.25) is 0 Å². The van der Waals surface area contributed by atoms with E-state index in [1.165, 1.54) is 31.0 Å². The number of carbonyl (C=O) groups is 2. The minimum Gasteiger partial charge on any atom is -0.481 e. The number of halogens is 1. The zero-order valence-corrected chi connectivity index (χ0v) is 14.7. The van der Waals surface area contributed by atoms with Gasteiger partial charge in [-0.1, -0.05) is 12.1 Å². The van der Waals surface area contributed by atoms with E-state index in [0.717, 1.165) is 5.56 Å². The Kier molecular flexibility index (Phi) is 5.03. The maximum absolute atomic E-state index is 13.4. The van der Waals surface area contributed by atoms with Gasteiger partial charge in [-0.05, 0) is 35.9 Å². The molecule has 0 spiro atoms. The van der Waals surface area contributed by atoms with Gasteiger partial charge in [-0.15, -0.1) is 11.8 Å². The number of carboxylic acids is 1. The van der Waals surface area contributed by atoms with Crippen molar-refractivity contribution < 1.29 is 23.8 Å². The van der Waals surface area contributed by atoms with Gasteiger partial charge >= 0.3 is 11.9 Å². The van der Waals surface area contributed by atoms with Gasteiger partial charge in [0.2, 0.25) is 0 Å². The molecular formula is C18H17FN2O4S. The van der Waals surface area contributed by atoms with Crippen LogP contribution in [0.5, 0.6) is 0 Å². The second kappa shape index (κ2) is 7.25. The van der Waals surface area contributed by atoms with Crippen molar-refractivity contribution in [3.63, 3.8) is 0 Å². The van der Waals surface area contributed by atoms with Crippen LogP contribution in [0.4, 0.5) is 15.8 Å². The summed E-state index contributed by atoms with van der Waals surface area (Å²) in [6, 6.07) is 11.1. The minimum atomic E-state index is -1.01. The molecule has 3 N–H and O–H groups in total. The SMILES string of the molecule is COC(=O)c1cccc(CSC2(CC(=O)O)Nc3ccc(F)cc3N2)c1. The smallest absolute Gasteiger partial charge is 0.337 e. The Hall–Kier alpha value is -2.74. The number of fused-ring (bicyclic) bond motifs is 1. The zero-order valence-electron chi connectivity index (χ0n) is 13.9. The molecule has 0 aromatic heterocycles. The van der Waals surface area contributed by atoms with E-state index < -0.39 is 22.8 Å². The van der Waals surface area contributed by atoms with Gasteiger partial charge in [-0.3, -0.25) is 4.79 Å². The molecule has 3 rings (SSSR count). The number of carboxylic acid groups (broad SMARTS) is 1. The molecule has 0 bridgehead atoms. The van der Waals surface area contributed by atoms with Crippen LogP contribution < -0.4 is 10.6 Å². The van der Waals surface area contributed by atoms with E-state index in [4.69, 9.17) is 4.74 Å². The van der Waals surface area contributed by atoms with Crippen molar-refractivity contribution in [2.45, 2.75) is 17.2 Å². The number of carbonyl (C=O) groups excluding carboxylic acids is 1. The van der Waals surface area contributed by atoms with Gasteiger partial charge in [0.25, 0.3) is 0 Å². The number of methoxy groups -OCH3 is 1. The summed E-state index contributed by atoms with van der Waals surface area (Å²) in [6.45, 7) is 0. The highest BCUT2D eigenvalue weighted by Gasteiger charge is 2.39. The van der Waals surface area contributed by atoms with Crippen LogP contribution in [0.15, 0.2) is 42.5 Å². The molecule has 1 heterocycles. The highest BCUT2D eigenvalue weighted by molar-refractivity contribution is 8.00. The number of aliphatic carboxylic acids is 1. The van der Waals surface area contributed by atoms with Gasteiger partial charge in [-0.25, -0.2) is 9.18 Å². The molecule has 136 valence electrons. The third kappa shape index (κ3) is 3.91. The van der Waals surface area contributed by atoms with Gasteiger partial charge in [0.1, 0.15) is 5.82 Å². The summed E-state index contributed by atoms with van der Waals surface area (Å²) in [6.07, 6.45) is -0.218. The number of rotatable bonds is 6. The zero-order chi connectivity index (χ0) is 18.7. The van der Waals surface area contributed by atoms with Crippen molar-refractivity contribution in [2.24, 2.45) is 0 Å². The molecule has 0 saturated heterocycles. The van der Waals surface area contributed by atoms with E-state index in [1.807, 2.05) is 6.07 Å². The molecule has 0 aliphatic carbocycles. The van der Waals surface area contributed by atoms with Gasteiger partial charge in [0, 0.05) is 5.75 Å². The molecule has 8 heteroatoms. The summed E-state index contributed by atoms with van der Waals surface area (Å²) < 4.78 is 18.2. The molecule has 1 unspecified atom stereocenters. The molecule has 26 heavy (non-hydrogen) atoms. The molecule has 6 nitrogen and oxygen atoms in total. The number of benzene rings is 2. The fourth-order valence-corrected chi connectivity index (χ4v) is 3.91. The third-order valence-electron chi connectivity index (χ3n) is 3.89. The molecule has 0 radical (unpaired) electrons. The molecule has 0 saturated carbocycles. The van der Waals surface area contributed by atoms with Crippen molar-refractivity contribution in [2.75, 3.05) is 17.7 Å². The first-order valence-electron chi connectivity index (χ1n) is 7.80. The van der Waals surface area contributed by atoms with Crippen LogP contribution in [0.3, 0.4) is 0 Å². The minimum absolute atomic E-state index is 0.218. The lowest BCUT2D eigenvalue weighted by Crippen LogP contribution is -2.40. The van der Waals surface area contributed by atoms with E-state index >= 15 is 0 Å². The predicted octanol–water partition coefficient (Wildman–Crippen LogP) is 3.51. The molecule has 2 aromatic carbocycles. The van der Waals surface area contributed by atoms with Crippen LogP contribution in [0, 0.1) is 5.82 Å². The molecule has 1 atom stereocenters. The number of anilines is 2. The fourth-order valence-electron chi connectivity index (χ4n) is 2.73. The summed E-state index contributed by atoms with van der Waals surface area (Å²) in [5.74, 6) is -1.39. The first-order chi connectivity index (χ1) is 12.4. The van der Waals surface area contributed by atoms with Crippen molar-refractivity contribution in [3.8, 4) is 0 Å². The summed E-state index contributed by atoms with van der Waals surface area (Å²) in [5, 5.41) is 15.5. The number of thioether (sulfide) groups is 1. The topological polar surface area (TPSA) is 87.7 Å². The Morgan fingerprint density at radius 2 is 1.96 bits per heavy atom. The third-order valence-corrected chi connectivity index (χ3v) is 5.21. The van der Waals surface area contributed by atoms with Crippen molar-refractivity contribution in [1.29, 1.82) is 0 Å². The normalized spacial score (nSPS) is 17.8. The lowest BCUT2D eigenvalue weighted by molar-refractivity contribution is -0.137. The largest absolute Gasteiger partial charge is 0.481 e. The monoisotopic (exact) mass is 376 g/mol. The predicted molar refractivity (Wildman–Crippen MR) is 97.7 cm³/mol. The summed E-state index contributed by atoms with van der Waals surface area (Å²) >= 11 is 1.33. The first kappa shape index (κ1) is 18.1. The van der Waals surface area contributed by atoms with E-state index in [9.17, 15) is 19.1 Å². The van der Waals surface area contributed by atoms with Crippen LogP contribution in [0.1, 0.15) is 22.3 Å². The molecule has 0 amide bonds.